The molecule has 280 valence electrons. The zero-order chi connectivity index (χ0) is 38.1. The van der Waals surface area contributed by atoms with E-state index in [-0.39, 0.29) is 24.8 Å². The lowest BCUT2D eigenvalue weighted by atomic mass is 9.64. The molecule has 0 amide bonds. The maximum Gasteiger partial charge on any atom is 0.211 e. The number of hydrogen-bond donors (Lipinski definition) is 2. The van der Waals surface area contributed by atoms with Gasteiger partial charge in [0.05, 0.1) is 18.0 Å². The van der Waals surface area contributed by atoms with Crippen LogP contribution in [-0.2, 0) is 23.0 Å². The number of carbonyl (C=O) groups is 1. The van der Waals surface area contributed by atoms with Crippen LogP contribution in [0.1, 0.15) is 90.9 Å². The minimum absolute atomic E-state index is 0.0563. The summed E-state index contributed by atoms with van der Waals surface area (Å²) >= 11 is 0. The van der Waals surface area contributed by atoms with E-state index < -0.39 is 27.1 Å². The van der Waals surface area contributed by atoms with Crippen molar-refractivity contribution in [2.45, 2.75) is 83.0 Å². The Morgan fingerprint density at radius 3 is 2.31 bits per heavy atom. The topological polar surface area (TPSA) is 94.9 Å². The molecule has 0 radical (unpaired) electrons. The molecule has 1 fully saturated rings. The van der Waals surface area contributed by atoms with E-state index in [0.29, 0.717) is 49.7 Å². The first-order chi connectivity index (χ1) is 25.8. The molecular formula is C47H51NO5S. The number of allylic oxidation sites excluding steroid dienone is 2. The first-order valence-corrected chi connectivity index (χ1v) is 21.0. The van der Waals surface area contributed by atoms with Crippen molar-refractivity contribution in [3.8, 4) is 11.1 Å². The van der Waals surface area contributed by atoms with Gasteiger partial charge in [-0.2, -0.15) is 4.31 Å². The maximum atomic E-state index is 14.6. The molecule has 2 N–H and O–H groups in total. The van der Waals surface area contributed by atoms with Gasteiger partial charge < -0.3 is 10.2 Å². The lowest BCUT2D eigenvalue weighted by molar-refractivity contribution is -0.0730. The van der Waals surface area contributed by atoms with Gasteiger partial charge in [-0.3, -0.25) is 4.79 Å². The van der Waals surface area contributed by atoms with Gasteiger partial charge in [-0.25, -0.2) is 8.42 Å². The average molecular weight is 742 g/mol. The van der Waals surface area contributed by atoms with Gasteiger partial charge in [0, 0.05) is 29.6 Å². The molecule has 3 aliphatic carbocycles. The van der Waals surface area contributed by atoms with Gasteiger partial charge in [-0.1, -0.05) is 128 Å². The van der Waals surface area contributed by atoms with Gasteiger partial charge in [-0.05, 0) is 102 Å². The first kappa shape index (κ1) is 37.9. The van der Waals surface area contributed by atoms with Crippen LogP contribution >= 0.6 is 0 Å². The highest BCUT2D eigenvalue weighted by Gasteiger charge is 2.58. The summed E-state index contributed by atoms with van der Waals surface area (Å²) in [5.74, 6) is -0.324. The quantitative estimate of drug-likeness (QED) is 0.122. The van der Waals surface area contributed by atoms with Crippen LogP contribution in [0.4, 0.5) is 0 Å². The van der Waals surface area contributed by atoms with Crippen LogP contribution in [0.2, 0.25) is 0 Å². The second-order valence-corrected chi connectivity index (χ2v) is 17.9. The molecule has 3 aliphatic rings. The van der Waals surface area contributed by atoms with Gasteiger partial charge in [-0.15, -0.1) is 0 Å². The molecule has 0 spiro atoms. The second-order valence-electron chi connectivity index (χ2n) is 15.9. The summed E-state index contributed by atoms with van der Waals surface area (Å²) in [4.78, 5) is 14.6. The van der Waals surface area contributed by atoms with Gasteiger partial charge in [0.1, 0.15) is 0 Å². The molecule has 7 heteroatoms. The Kier molecular flexibility index (Phi) is 10.8. The van der Waals surface area contributed by atoms with E-state index >= 15 is 0 Å². The van der Waals surface area contributed by atoms with Crippen molar-refractivity contribution in [1.82, 2.24) is 4.31 Å². The molecule has 1 saturated carbocycles. The van der Waals surface area contributed by atoms with Gasteiger partial charge in [0.15, 0.2) is 5.78 Å². The second kappa shape index (κ2) is 15.4. The van der Waals surface area contributed by atoms with Crippen LogP contribution in [0, 0.1) is 5.41 Å². The normalized spacial score (nSPS) is 23.6. The third-order valence-corrected chi connectivity index (χ3v) is 13.5. The fourth-order valence-electron chi connectivity index (χ4n) is 9.00. The summed E-state index contributed by atoms with van der Waals surface area (Å²) in [5, 5.41) is 26.0. The van der Waals surface area contributed by atoms with Crippen molar-refractivity contribution in [3.63, 3.8) is 0 Å². The van der Waals surface area contributed by atoms with Crippen LogP contribution in [0.5, 0.6) is 0 Å². The predicted molar refractivity (Wildman–Crippen MR) is 218 cm³/mol. The average Bonchev–Trinajstić information content (AvgIpc) is 3.42. The summed E-state index contributed by atoms with van der Waals surface area (Å²) in [7, 11) is -3.73. The van der Waals surface area contributed by atoms with E-state index in [9.17, 15) is 23.4 Å². The Labute approximate surface area is 320 Å². The van der Waals surface area contributed by atoms with E-state index in [1.807, 2.05) is 115 Å². The number of nitrogens with zero attached hydrogens (tertiary/aromatic N) is 1. The highest BCUT2D eigenvalue weighted by atomic mass is 32.2. The number of sulfonamides is 1. The highest BCUT2D eigenvalue weighted by Crippen LogP contribution is 2.59. The molecule has 0 aliphatic heterocycles. The monoisotopic (exact) mass is 741 g/mol. The Morgan fingerprint density at radius 2 is 1.56 bits per heavy atom. The van der Waals surface area contributed by atoms with Crippen molar-refractivity contribution >= 4 is 26.6 Å². The number of ketones is 1. The van der Waals surface area contributed by atoms with Crippen LogP contribution in [0.3, 0.4) is 0 Å². The lowest BCUT2D eigenvalue weighted by Crippen LogP contribution is -2.53. The van der Waals surface area contributed by atoms with Crippen LogP contribution in [-0.4, -0.2) is 53.2 Å². The molecule has 4 atom stereocenters. The van der Waals surface area contributed by atoms with E-state index in [4.69, 9.17) is 0 Å². The summed E-state index contributed by atoms with van der Waals surface area (Å²) in [5.41, 5.74) is 4.91. The van der Waals surface area contributed by atoms with Gasteiger partial charge in [0.2, 0.25) is 10.0 Å². The fourth-order valence-corrected chi connectivity index (χ4v) is 9.82. The summed E-state index contributed by atoms with van der Waals surface area (Å²) in [6.45, 7) is 4.27. The molecule has 5 aromatic rings. The minimum atomic E-state index is -3.73. The molecule has 6 nitrogen and oxygen atoms in total. The minimum Gasteiger partial charge on any atom is -0.393 e. The Morgan fingerprint density at radius 1 is 0.852 bits per heavy atom. The van der Waals surface area contributed by atoms with Crippen LogP contribution < -0.4 is 0 Å². The number of benzene rings is 5. The van der Waals surface area contributed by atoms with E-state index in [0.717, 1.165) is 45.0 Å². The van der Waals surface area contributed by atoms with Crippen molar-refractivity contribution < 1.29 is 23.4 Å². The summed E-state index contributed by atoms with van der Waals surface area (Å²) in [6, 6.07) is 37.7. The van der Waals surface area contributed by atoms with Crippen LogP contribution in [0.25, 0.3) is 21.9 Å². The number of hydrogen-bond acceptors (Lipinski definition) is 5. The van der Waals surface area contributed by atoms with E-state index in [2.05, 4.69) is 19.9 Å². The third kappa shape index (κ3) is 7.74. The van der Waals surface area contributed by atoms with Crippen LogP contribution in [0.15, 0.2) is 127 Å². The third-order valence-electron chi connectivity index (χ3n) is 12.3. The van der Waals surface area contributed by atoms with E-state index in [1.54, 1.807) is 0 Å². The molecule has 0 aromatic heterocycles. The number of carbonyl (C=O) groups excluding carboxylic acids is 1. The molecule has 0 heterocycles. The SMILES string of the molecule is CC1=CCCC2(C)C(CCC2(O)CN(Cc2cccc3ccccc23)S(C)(=O)=O)c2ccc(cc2C(=O)c2ccc(-c3ccccc3)cc2)CC(O)CC1. The van der Waals surface area contributed by atoms with Crippen molar-refractivity contribution in [2.24, 2.45) is 5.41 Å². The maximum absolute atomic E-state index is 14.6. The number of aliphatic hydroxyl groups excluding tert-OH is 1. The molecule has 8 rings (SSSR count). The summed E-state index contributed by atoms with van der Waals surface area (Å²) < 4.78 is 28.6. The Hall–Kier alpha value is -4.40. The molecular weight excluding hydrogens is 691 g/mol. The standard InChI is InChI=1S/C47H51NO5S/c1-33-11-10-27-46(2)44(26-28-47(46,51)32-48(54(3,52)53)31-39-16-9-15-37-14-7-8-17-41(37)39)42-25-19-34(29-40(49)24-18-33)30-43(42)45(50)38-22-20-36(21-23-38)35-12-5-4-6-13-35/h4-9,11-17,19-23,25,30,40,44,49,51H,10,18,24,26-29,31-32H2,1-3H3. The lowest BCUT2D eigenvalue weighted by Gasteiger charge is -2.45. The van der Waals surface area contributed by atoms with Crippen molar-refractivity contribution in [3.05, 3.63) is 155 Å². The number of rotatable bonds is 8. The Balaban J connectivity index is 1.29. The molecule has 0 saturated heterocycles. The zero-order valence-corrected chi connectivity index (χ0v) is 32.4. The predicted octanol–water partition coefficient (Wildman–Crippen LogP) is 9.24. The largest absolute Gasteiger partial charge is 0.393 e. The smallest absolute Gasteiger partial charge is 0.211 e. The molecule has 5 aromatic carbocycles. The van der Waals surface area contributed by atoms with Gasteiger partial charge >= 0.3 is 0 Å². The first-order valence-electron chi connectivity index (χ1n) is 19.2. The fraction of sp³-hybridized carbons (Fsp3) is 0.340. The van der Waals surface area contributed by atoms with Gasteiger partial charge in [0.25, 0.3) is 0 Å². The van der Waals surface area contributed by atoms with E-state index in [1.165, 1.54) is 16.1 Å². The number of aliphatic hydroxyl groups is 2. The Bertz CT molecular complexity index is 2280. The molecule has 54 heavy (non-hydrogen) atoms. The van der Waals surface area contributed by atoms with Crippen molar-refractivity contribution in [2.75, 3.05) is 12.8 Å². The highest BCUT2D eigenvalue weighted by molar-refractivity contribution is 7.88. The van der Waals surface area contributed by atoms with Crippen molar-refractivity contribution in [1.29, 1.82) is 0 Å². The molecule has 2 bridgehead atoms. The summed E-state index contributed by atoms with van der Waals surface area (Å²) in [6.07, 6.45) is 6.93. The zero-order valence-electron chi connectivity index (χ0n) is 31.5. The molecule has 4 unspecified atom stereocenters. The number of fused-ring (bicyclic) bond motifs is 9.